The van der Waals surface area contributed by atoms with E-state index in [9.17, 15) is 4.79 Å². The number of benzene rings is 1. The molecule has 2 fully saturated rings. The number of amides is 1. The van der Waals surface area contributed by atoms with Crippen LogP contribution in [0.1, 0.15) is 70.8 Å². The number of rotatable bonds is 5. The van der Waals surface area contributed by atoms with Crippen molar-refractivity contribution in [1.82, 2.24) is 10.6 Å². The van der Waals surface area contributed by atoms with E-state index >= 15 is 0 Å². The first kappa shape index (κ1) is 21.1. The largest absolute Gasteiger partial charge is 0.444 e. The van der Waals surface area contributed by atoms with Crippen LogP contribution in [-0.2, 0) is 9.47 Å². The zero-order valence-electron chi connectivity index (χ0n) is 17.6. The average Bonchev–Trinajstić information content (AvgIpc) is 2.67. The van der Waals surface area contributed by atoms with Gasteiger partial charge in [0.05, 0.1) is 18.8 Å². The van der Waals surface area contributed by atoms with E-state index in [1.807, 2.05) is 20.8 Å². The van der Waals surface area contributed by atoms with Crippen molar-refractivity contribution in [1.29, 1.82) is 0 Å². The molecule has 1 aliphatic carbocycles. The van der Waals surface area contributed by atoms with Gasteiger partial charge in [-0.25, -0.2) is 4.79 Å². The number of ether oxygens (including phenoxy) is 2. The van der Waals surface area contributed by atoms with Crippen LogP contribution < -0.4 is 10.6 Å². The molecule has 1 heterocycles. The Bertz CT molecular complexity index is 606. The summed E-state index contributed by atoms with van der Waals surface area (Å²) >= 11 is 0. The highest BCUT2D eigenvalue weighted by Crippen LogP contribution is 2.34. The van der Waals surface area contributed by atoms with Gasteiger partial charge in [0.1, 0.15) is 5.60 Å². The second-order valence-corrected chi connectivity index (χ2v) is 9.17. The molecule has 2 N–H and O–H groups in total. The van der Waals surface area contributed by atoms with Gasteiger partial charge in [-0.05, 0) is 77.3 Å². The Morgan fingerprint density at radius 3 is 2.50 bits per heavy atom. The first-order valence-corrected chi connectivity index (χ1v) is 10.8. The van der Waals surface area contributed by atoms with Crippen LogP contribution >= 0.6 is 0 Å². The smallest absolute Gasteiger partial charge is 0.407 e. The molecule has 3 rings (SSSR count). The van der Waals surface area contributed by atoms with E-state index in [0.717, 1.165) is 32.2 Å². The Labute approximate surface area is 169 Å². The van der Waals surface area contributed by atoms with E-state index in [-0.39, 0.29) is 18.2 Å². The van der Waals surface area contributed by atoms with Crippen LogP contribution in [0.2, 0.25) is 0 Å². The Hall–Kier alpha value is -1.59. The van der Waals surface area contributed by atoms with Gasteiger partial charge in [0.2, 0.25) is 0 Å². The molecule has 5 heteroatoms. The summed E-state index contributed by atoms with van der Waals surface area (Å²) in [6.07, 6.45) is 6.59. The first-order valence-electron chi connectivity index (χ1n) is 10.8. The zero-order valence-corrected chi connectivity index (χ0v) is 17.6. The molecule has 1 aromatic carbocycles. The number of carbonyl (C=O) groups is 1. The summed E-state index contributed by atoms with van der Waals surface area (Å²) in [6, 6.07) is 11.0. The van der Waals surface area contributed by atoms with Crippen molar-refractivity contribution < 1.29 is 14.3 Å². The molecule has 5 nitrogen and oxygen atoms in total. The van der Waals surface area contributed by atoms with Gasteiger partial charge in [-0.15, -0.1) is 0 Å². The third kappa shape index (κ3) is 6.49. The summed E-state index contributed by atoms with van der Waals surface area (Å²) in [5, 5.41) is 6.55. The fourth-order valence-electron chi connectivity index (χ4n) is 4.29. The van der Waals surface area contributed by atoms with Crippen molar-refractivity contribution in [3.8, 4) is 0 Å². The maximum Gasteiger partial charge on any atom is 0.407 e. The average molecular weight is 389 g/mol. The molecule has 1 aliphatic heterocycles. The summed E-state index contributed by atoms with van der Waals surface area (Å²) in [5.41, 5.74) is 0.978. The minimum absolute atomic E-state index is 0.0595. The van der Waals surface area contributed by atoms with E-state index in [2.05, 4.69) is 41.0 Å². The Morgan fingerprint density at radius 2 is 1.82 bits per heavy atom. The van der Waals surface area contributed by atoms with E-state index in [1.165, 1.54) is 18.4 Å². The molecule has 0 spiro atoms. The Balaban J connectivity index is 1.43. The fraction of sp³-hybridized carbons (Fsp3) is 0.696. The topological polar surface area (TPSA) is 59.6 Å². The maximum atomic E-state index is 12.1. The van der Waals surface area contributed by atoms with Crippen molar-refractivity contribution in [2.45, 2.75) is 89.0 Å². The van der Waals surface area contributed by atoms with Crippen LogP contribution in [0.15, 0.2) is 30.3 Å². The summed E-state index contributed by atoms with van der Waals surface area (Å²) in [6.45, 7) is 7.27. The number of piperidine rings is 1. The minimum Gasteiger partial charge on any atom is -0.444 e. The molecule has 2 aliphatic rings. The van der Waals surface area contributed by atoms with E-state index in [4.69, 9.17) is 9.47 Å². The van der Waals surface area contributed by atoms with Crippen LogP contribution in [0.25, 0.3) is 0 Å². The van der Waals surface area contributed by atoms with Gasteiger partial charge in [-0.2, -0.15) is 0 Å². The highest BCUT2D eigenvalue weighted by Gasteiger charge is 2.30. The molecule has 1 aromatic rings. The van der Waals surface area contributed by atoms with Crippen molar-refractivity contribution >= 4 is 6.09 Å². The standard InChI is InChI=1S/C23H36N2O3/c1-23(2,3)28-22(26)25-20-10-7-15-24-21(20)16-27-19-13-11-18(12-14-19)17-8-5-4-6-9-17/h4-6,8-9,18-21,24H,7,10-16H2,1-3H3,(H,25,26)/t18?,19?,20-,21-/m0/s1. The van der Waals surface area contributed by atoms with Gasteiger partial charge < -0.3 is 20.1 Å². The van der Waals surface area contributed by atoms with E-state index < -0.39 is 5.60 Å². The molecule has 0 radical (unpaired) electrons. The summed E-state index contributed by atoms with van der Waals surface area (Å²) < 4.78 is 11.7. The van der Waals surface area contributed by atoms with Gasteiger partial charge in [-0.3, -0.25) is 0 Å². The predicted octanol–water partition coefficient (Wildman–Crippen LogP) is 4.37. The van der Waals surface area contributed by atoms with Crippen LogP contribution in [-0.4, -0.2) is 43.0 Å². The lowest BCUT2D eigenvalue weighted by Crippen LogP contribution is -2.56. The third-order valence-corrected chi connectivity index (χ3v) is 5.74. The summed E-state index contributed by atoms with van der Waals surface area (Å²) in [4.78, 5) is 12.1. The fourth-order valence-corrected chi connectivity index (χ4v) is 4.29. The molecule has 2 atom stereocenters. The van der Waals surface area contributed by atoms with Gasteiger partial charge in [0, 0.05) is 6.04 Å². The lowest BCUT2D eigenvalue weighted by atomic mass is 9.83. The lowest BCUT2D eigenvalue weighted by molar-refractivity contribution is 0.00171. The monoisotopic (exact) mass is 388 g/mol. The normalized spacial score (nSPS) is 28.5. The van der Waals surface area contributed by atoms with Gasteiger partial charge >= 0.3 is 6.09 Å². The lowest BCUT2D eigenvalue weighted by Gasteiger charge is -2.35. The first-order chi connectivity index (χ1) is 13.4. The molecule has 1 saturated heterocycles. The Morgan fingerprint density at radius 1 is 1.11 bits per heavy atom. The van der Waals surface area contributed by atoms with E-state index in [1.54, 1.807) is 0 Å². The minimum atomic E-state index is -0.477. The van der Waals surface area contributed by atoms with Crippen LogP contribution in [0.3, 0.4) is 0 Å². The Kier molecular flexibility index (Phi) is 7.36. The highest BCUT2D eigenvalue weighted by atomic mass is 16.6. The number of hydrogen-bond acceptors (Lipinski definition) is 4. The SMILES string of the molecule is CC(C)(C)OC(=O)N[C@H]1CCCN[C@H]1COC1CCC(c2ccccc2)CC1. The predicted molar refractivity (Wildman–Crippen MR) is 112 cm³/mol. The molecular formula is C23H36N2O3. The van der Waals surface area contributed by atoms with Gasteiger partial charge in [0.15, 0.2) is 0 Å². The number of carbonyl (C=O) groups excluding carboxylic acids is 1. The summed E-state index contributed by atoms with van der Waals surface area (Å²) in [5.74, 6) is 0.662. The summed E-state index contributed by atoms with van der Waals surface area (Å²) in [7, 11) is 0. The van der Waals surface area contributed by atoms with Crippen LogP contribution in [0.4, 0.5) is 4.79 Å². The second-order valence-electron chi connectivity index (χ2n) is 9.17. The molecule has 0 aromatic heterocycles. The molecule has 28 heavy (non-hydrogen) atoms. The maximum absolute atomic E-state index is 12.1. The molecule has 1 saturated carbocycles. The van der Waals surface area contributed by atoms with Crippen molar-refractivity contribution in [2.75, 3.05) is 13.2 Å². The van der Waals surface area contributed by atoms with Gasteiger partial charge in [0.25, 0.3) is 0 Å². The zero-order chi connectivity index (χ0) is 20.0. The quantitative estimate of drug-likeness (QED) is 0.786. The molecular weight excluding hydrogens is 352 g/mol. The van der Waals surface area contributed by atoms with Crippen molar-refractivity contribution in [3.63, 3.8) is 0 Å². The third-order valence-electron chi connectivity index (χ3n) is 5.74. The number of alkyl carbamates (subject to hydrolysis) is 1. The molecule has 0 unspecified atom stereocenters. The van der Waals surface area contributed by atoms with Crippen LogP contribution in [0.5, 0.6) is 0 Å². The van der Waals surface area contributed by atoms with Crippen molar-refractivity contribution in [2.24, 2.45) is 0 Å². The number of hydrogen-bond donors (Lipinski definition) is 2. The highest BCUT2D eigenvalue weighted by molar-refractivity contribution is 5.68. The van der Waals surface area contributed by atoms with Crippen LogP contribution in [0, 0.1) is 0 Å². The van der Waals surface area contributed by atoms with Crippen molar-refractivity contribution in [3.05, 3.63) is 35.9 Å². The van der Waals surface area contributed by atoms with E-state index in [0.29, 0.717) is 18.6 Å². The second kappa shape index (κ2) is 9.75. The van der Waals surface area contributed by atoms with Gasteiger partial charge in [-0.1, -0.05) is 30.3 Å². The number of nitrogens with one attached hydrogen (secondary N) is 2. The molecule has 1 amide bonds. The molecule has 156 valence electrons. The molecule has 0 bridgehead atoms.